The summed E-state index contributed by atoms with van der Waals surface area (Å²) in [5, 5.41) is 33.1. The van der Waals surface area contributed by atoms with Gasteiger partial charge in [0.05, 0.1) is 12.7 Å². The van der Waals surface area contributed by atoms with E-state index < -0.39 is 11.9 Å². The van der Waals surface area contributed by atoms with Crippen molar-refractivity contribution in [3.8, 4) is 0 Å². The molecule has 80 valence electrons. The molecule has 1 atom stereocenters. The van der Waals surface area contributed by atoms with Crippen LogP contribution in [0.15, 0.2) is 12.7 Å². The monoisotopic (exact) mass is 192 g/mol. The fraction of sp³-hybridized carbons (Fsp3) is 0.778. The first-order valence-electron chi connectivity index (χ1n) is 4.15. The Kier molecular flexibility index (Phi) is 9.50. The second-order valence-corrected chi connectivity index (χ2v) is 3.20. The summed E-state index contributed by atoms with van der Waals surface area (Å²) >= 11 is 0. The maximum Gasteiger partial charge on any atom is 0.156 e. The molecule has 0 aliphatic rings. The van der Waals surface area contributed by atoms with E-state index in [1.807, 2.05) is 0 Å². The van der Waals surface area contributed by atoms with Gasteiger partial charge in [-0.25, -0.2) is 0 Å². The van der Waals surface area contributed by atoms with Crippen molar-refractivity contribution in [3.05, 3.63) is 12.7 Å². The van der Waals surface area contributed by atoms with E-state index >= 15 is 0 Å². The first-order chi connectivity index (χ1) is 5.81. The fourth-order valence-corrected chi connectivity index (χ4v) is 0.402. The highest BCUT2D eigenvalue weighted by molar-refractivity contribution is 4.68. The summed E-state index contributed by atoms with van der Waals surface area (Å²) in [7, 11) is 0. The minimum Gasteiger partial charge on any atom is -0.394 e. The highest BCUT2D eigenvalue weighted by Crippen LogP contribution is 1.94. The standard InChI is InChI=1S/C6H12O2.C3H8O2/c1-2-3-4-6(8)5-7;1-3(2,4)5/h2,6-8H,1,3-5H2;4-5H,1-2H3. The van der Waals surface area contributed by atoms with Crippen molar-refractivity contribution in [1.82, 2.24) is 0 Å². The van der Waals surface area contributed by atoms with Gasteiger partial charge in [-0.3, -0.25) is 0 Å². The molecule has 0 saturated carbocycles. The third-order valence-corrected chi connectivity index (χ3v) is 0.915. The molecule has 0 saturated heterocycles. The number of hydrogen-bond donors (Lipinski definition) is 4. The Bertz CT molecular complexity index is 111. The normalized spacial score (nSPS) is 12.8. The van der Waals surface area contributed by atoms with E-state index in [1.165, 1.54) is 13.8 Å². The van der Waals surface area contributed by atoms with E-state index in [0.29, 0.717) is 6.42 Å². The van der Waals surface area contributed by atoms with Gasteiger partial charge in [-0.1, -0.05) is 6.08 Å². The first-order valence-corrected chi connectivity index (χ1v) is 4.15. The van der Waals surface area contributed by atoms with E-state index in [0.717, 1.165) is 6.42 Å². The Labute approximate surface area is 79.2 Å². The minimum atomic E-state index is -1.50. The number of aliphatic hydroxyl groups is 4. The second kappa shape index (κ2) is 8.19. The minimum absolute atomic E-state index is 0.145. The van der Waals surface area contributed by atoms with E-state index in [-0.39, 0.29) is 6.61 Å². The molecule has 0 rings (SSSR count). The molecule has 0 aliphatic carbocycles. The SMILES string of the molecule is C=CCCC(O)CO.CC(C)(O)O. The van der Waals surface area contributed by atoms with Crippen molar-refractivity contribution in [2.45, 2.75) is 38.6 Å². The Hall–Kier alpha value is -0.420. The van der Waals surface area contributed by atoms with Crippen molar-refractivity contribution in [1.29, 1.82) is 0 Å². The molecule has 13 heavy (non-hydrogen) atoms. The van der Waals surface area contributed by atoms with E-state index in [4.69, 9.17) is 20.4 Å². The molecule has 0 aromatic carbocycles. The van der Waals surface area contributed by atoms with Crippen LogP contribution in [0, 0.1) is 0 Å². The maximum atomic E-state index is 8.69. The third-order valence-electron chi connectivity index (χ3n) is 0.915. The lowest BCUT2D eigenvalue weighted by atomic mass is 10.2. The van der Waals surface area contributed by atoms with Crippen molar-refractivity contribution in [3.63, 3.8) is 0 Å². The van der Waals surface area contributed by atoms with E-state index in [9.17, 15) is 0 Å². The molecule has 0 bridgehead atoms. The molecule has 1 unspecified atom stereocenters. The molecular formula is C9H20O4. The van der Waals surface area contributed by atoms with E-state index in [2.05, 4.69) is 6.58 Å². The lowest BCUT2D eigenvalue weighted by molar-refractivity contribution is -0.127. The molecule has 4 heteroatoms. The smallest absolute Gasteiger partial charge is 0.156 e. The van der Waals surface area contributed by atoms with Gasteiger partial charge in [0.25, 0.3) is 0 Å². The molecule has 0 fully saturated rings. The highest BCUT2D eigenvalue weighted by atomic mass is 16.5. The Balaban J connectivity index is 0. The van der Waals surface area contributed by atoms with Crippen LogP contribution in [0.2, 0.25) is 0 Å². The Morgan fingerprint density at radius 3 is 2.00 bits per heavy atom. The summed E-state index contributed by atoms with van der Waals surface area (Å²) in [6, 6.07) is 0. The van der Waals surface area contributed by atoms with E-state index in [1.54, 1.807) is 6.08 Å². The molecule has 0 radical (unpaired) electrons. The summed E-state index contributed by atoms with van der Waals surface area (Å²) in [6.07, 6.45) is 2.54. The van der Waals surface area contributed by atoms with Gasteiger partial charge in [-0.05, 0) is 26.7 Å². The summed E-state index contributed by atoms with van der Waals surface area (Å²) in [5.74, 6) is -1.50. The molecule has 0 amide bonds. The van der Waals surface area contributed by atoms with Crippen molar-refractivity contribution in [2.24, 2.45) is 0 Å². The van der Waals surface area contributed by atoms with Gasteiger partial charge in [-0.2, -0.15) is 0 Å². The second-order valence-electron chi connectivity index (χ2n) is 3.20. The third kappa shape index (κ3) is 34.1. The van der Waals surface area contributed by atoms with Gasteiger partial charge < -0.3 is 20.4 Å². The van der Waals surface area contributed by atoms with Gasteiger partial charge in [-0.15, -0.1) is 6.58 Å². The van der Waals surface area contributed by atoms with Crippen LogP contribution < -0.4 is 0 Å². The Morgan fingerprint density at radius 1 is 1.38 bits per heavy atom. The van der Waals surface area contributed by atoms with Crippen LogP contribution in [0.3, 0.4) is 0 Å². The largest absolute Gasteiger partial charge is 0.394 e. The predicted octanol–water partition coefficient (Wildman–Crippen LogP) is 0.0129. The lowest BCUT2D eigenvalue weighted by Gasteiger charge is -2.03. The van der Waals surface area contributed by atoms with Gasteiger partial charge >= 0.3 is 0 Å². The van der Waals surface area contributed by atoms with Crippen LogP contribution in [0.1, 0.15) is 26.7 Å². The van der Waals surface area contributed by atoms with Crippen molar-refractivity contribution >= 4 is 0 Å². The average molecular weight is 192 g/mol. The average Bonchev–Trinajstić information content (AvgIpc) is 1.97. The lowest BCUT2D eigenvalue weighted by Crippen LogP contribution is -2.15. The van der Waals surface area contributed by atoms with Crippen LogP contribution in [-0.2, 0) is 0 Å². The zero-order chi connectivity index (χ0) is 10.9. The number of aliphatic hydroxyl groups excluding tert-OH is 2. The van der Waals surface area contributed by atoms with Crippen molar-refractivity contribution < 1.29 is 20.4 Å². The summed E-state index contributed by atoms with van der Waals surface area (Å²) in [5.41, 5.74) is 0. The number of rotatable bonds is 4. The molecule has 0 aromatic heterocycles. The topological polar surface area (TPSA) is 80.9 Å². The van der Waals surface area contributed by atoms with Crippen LogP contribution in [0.25, 0.3) is 0 Å². The quantitative estimate of drug-likeness (QED) is 0.374. The van der Waals surface area contributed by atoms with Gasteiger partial charge in [0.15, 0.2) is 5.79 Å². The number of allylic oxidation sites excluding steroid dienone is 1. The molecular weight excluding hydrogens is 172 g/mol. The highest BCUT2D eigenvalue weighted by Gasteiger charge is 2.00. The van der Waals surface area contributed by atoms with Crippen LogP contribution >= 0.6 is 0 Å². The van der Waals surface area contributed by atoms with Crippen LogP contribution in [0.4, 0.5) is 0 Å². The summed E-state index contributed by atoms with van der Waals surface area (Å²) in [6.45, 7) is 5.93. The van der Waals surface area contributed by atoms with Gasteiger partial charge in [0, 0.05) is 0 Å². The van der Waals surface area contributed by atoms with Gasteiger partial charge in [0.1, 0.15) is 0 Å². The van der Waals surface area contributed by atoms with Crippen molar-refractivity contribution in [2.75, 3.05) is 6.61 Å². The van der Waals surface area contributed by atoms with Gasteiger partial charge in [0.2, 0.25) is 0 Å². The predicted molar refractivity (Wildman–Crippen MR) is 51.0 cm³/mol. The van der Waals surface area contributed by atoms with Crippen LogP contribution in [0.5, 0.6) is 0 Å². The molecule has 4 N–H and O–H groups in total. The zero-order valence-corrected chi connectivity index (χ0v) is 8.27. The molecule has 0 spiro atoms. The maximum absolute atomic E-state index is 8.69. The molecule has 4 nitrogen and oxygen atoms in total. The Morgan fingerprint density at radius 2 is 1.77 bits per heavy atom. The summed E-state index contributed by atoms with van der Waals surface area (Å²) < 4.78 is 0. The molecule has 0 heterocycles. The molecule has 0 aromatic rings. The fourth-order valence-electron chi connectivity index (χ4n) is 0.402. The first kappa shape index (κ1) is 15.1. The van der Waals surface area contributed by atoms with Crippen LogP contribution in [-0.4, -0.2) is 38.9 Å². The zero-order valence-electron chi connectivity index (χ0n) is 8.27. The molecule has 0 aliphatic heterocycles. The number of hydrogen-bond acceptors (Lipinski definition) is 4. The summed E-state index contributed by atoms with van der Waals surface area (Å²) in [4.78, 5) is 0.